The van der Waals surface area contributed by atoms with Crippen LogP contribution < -0.4 is 5.32 Å². The molecule has 5 heteroatoms. The van der Waals surface area contributed by atoms with Crippen LogP contribution in [0.1, 0.15) is 39.0 Å². The fourth-order valence-electron chi connectivity index (χ4n) is 2.64. The second-order valence-corrected chi connectivity index (χ2v) is 5.23. The number of carbonyl (C=O) groups excluding carboxylic acids is 1. The maximum atomic E-state index is 11.9. The van der Waals surface area contributed by atoms with Crippen molar-refractivity contribution >= 4 is 11.9 Å². The molecule has 1 amide bonds. The molecule has 2 rings (SSSR count). The molecule has 0 saturated heterocycles. The van der Waals surface area contributed by atoms with Crippen molar-refractivity contribution in [2.75, 3.05) is 6.61 Å². The highest BCUT2D eigenvalue weighted by atomic mass is 16.5. The van der Waals surface area contributed by atoms with E-state index in [2.05, 4.69) is 5.32 Å². The third-order valence-corrected chi connectivity index (χ3v) is 3.87. The number of hydrogen-bond donors (Lipinski definition) is 2. The molecule has 0 bridgehead atoms. The predicted octanol–water partition coefficient (Wildman–Crippen LogP) is 1.17. The van der Waals surface area contributed by atoms with Gasteiger partial charge in [-0.1, -0.05) is 0 Å². The van der Waals surface area contributed by atoms with Crippen molar-refractivity contribution in [2.45, 2.75) is 51.2 Å². The molecule has 0 aromatic heterocycles. The van der Waals surface area contributed by atoms with Crippen molar-refractivity contribution in [3.05, 3.63) is 0 Å². The van der Waals surface area contributed by atoms with Crippen molar-refractivity contribution in [2.24, 2.45) is 11.8 Å². The van der Waals surface area contributed by atoms with Crippen LogP contribution in [-0.2, 0) is 14.3 Å². The van der Waals surface area contributed by atoms with Crippen LogP contribution in [-0.4, -0.2) is 35.7 Å². The summed E-state index contributed by atoms with van der Waals surface area (Å²) in [5.74, 6) is -0.844. The molecule has 0 aromatic carbocycles. The first-order valence-corrected chi connectivity index (χ1v) is 6.76. The van der Waals surface area contributed by atoms with E-state index in [1.165, 1.54) is 0 Å². The topological polar surface area (TPSA) is 75.6 Å². The molecule has 2 fully saturated rings. The first-order valence-electron chi connectivity index (χ1n) is 6.76. The molecule has 102 valence electrons. The molecule has 2 N–H and O–H groups in total. The van der Waals surface area contributed by atoms with Crippen LogP contribution in [0.3, 0.4) is 0 Å². The summed E-state index contributed by atoms with van der Waals surface area (Å²) >= 11 is 0. The number of rotatable bonds is 5. The largest absolute Gasteiger partial charge is 0.481 e. The second kappa shape index (κ2) is 5.69. The van der Waals surface area contributed by atoms with E-state index in [9.17, 15) is 9.59 Å². The van der Waals surface area contributed by atoms with E-state index in [1.54, 1.807) is 0 Å². The highest BCUT2D eigenvalue weighted by Crippen LogP contribution is 2.34. The highest BCUT2D eigenvalue weighted by molar-refractivity contribution is 5.82. The van der Waals surface area contributed by atoms with Gasteiger partial charge >= 0.3 is 5.97 Å². The zero-order chi connectivity index (χ0) is 13.1. The number of carboxylic acids is 1. The number of hydrogen-bond acceptors (Lipinski definition) is 3. The molecule has 5 nitrogen and oxygen atoms in total. The second-order valence-electron chi connectivity index (χ2n) is 5.23. The number of carboxylic acid groups (broad SMARTS) is 1. The van der Waals surface area contributed by atoms with Gasteiger partial charge < -0.3 is 15.2 Å². The van der Waals surface area contributed by atoms with Gasteiger partial charge in [0.05, 0.1) is 17.9 Å². The number of ether oxygens (including phenoxy) is 1. The highest BCUT2D eigenvalue weighted by Gasteiger charge is 2.44. The van der Waals surface area contributed by atoms with Crippen LogP contribution >= 0.6 is 0 Å². The van der Waals surface area contributed by atoms with Gasteiger partial charge in [0.25, 0.3) is 0 Å². The molecule has 0 radical (unpaired) electrons. The van der Waals surface area contributed by atoms with Crippen LogP contribution in [0.5, 0.6) is 0 Å². The Labute approximate surface area is 107 Å². The monoisotopic (exact) mass is 255 g/mol. The van der Waals surface area contributed by atoms with Gasteiger partial charge in [-0.05, 0) is 39.0 Å². The summed E-state index contributed by atoms with van der Waals surface area (Å²) in [6, 6.07) is 0.149. The lowest BCUT2D eigenvalue weighted by Crippen LogP contribution is -2.40. The molecule has 0 aromatic rings. The average molecular weight is 255 g/mol. The third-order valence-electron chi connectivity index (χ3n) is 3.87. The molecule has 2 aliphatic carbocycles. The van der Waals surface area contributed by atoms with E-state index in [4.69, 9.17) is 9.84 Å². The average Bonchev–Trinajstić information content (AvgIpc) is 3.10. The Morgan fingerprint density at radius 2 is 1.94 bits per heavy atom. The lowest BCUT2D eigenvalue weighted by molar-refractivity contribution is -0.142. The van der Waals surface area contributed by atoms with E-state index < -0.39 is 5.97 Å². The van der Waals surface area contributed by atoms with Crippen molar-refractivity contribution in [1.29, 1.82) is 0 Å². The summed E-state index contributed by atoms with van der Waals surface area (Å²) in [6.07, 6.45) is 3.80. The summed E-state index contributed by atoms with van der Waals surface area (Å²) in [4.78, 5) is 22.7. The summed E-state index contributed by atoms with van der Waals surface area (Å²) in [5.41, 5.74) is 0. The fraction of sp³-hybridized carbons (Fsp3) is 0.846. The number of amides is 1. The molecular formula is C13H21NO4. The summed E-state index contributed by atoms with van der Waals surface area (Å²) in [6.45, 7) is 2.58. The number of carbonyl (C=O) groups is 2. The van der Waals surface area contributed by atoms with Crippen molar-refractivity contribution in [3.8, 4) is 0 Å². The number of aliphatic carboxylic acids is 1. The standard InChI is InChI=1S/C13H21NO4/c1-2-18-11-7-10(11)12(15)14-9-5-3-8(4-6-9)13(16)17/h8-11H,2-7H2,1H3,(H,14,15)(H,16,17). The zero-order valence-electron chi connectivity index (χ0n) is 10.7. The van der Waals surface area contributed by atoms with Gasteiger partial charge in [0, 0.05) is 12.6 Å². The normalized spacial score (nSPS) is 34.9. The number of nitrogens with one attached hydrogen (secondary N) is 1. The smallest absolute Gasteiger partial charge is 0.306 e. The minimum Gasteiger partial charge on any atom is -0.481 e. The van der Waals surface area contributed by atoms with Gasteiger partial charge in [0.1, 0.15) is 0 Å². The Morgan fingerprint density at radius 3 is 2.50 bits per heavy atom. The fourth-order valence-corrected chi connectivity index (χ4v) is 2.64. The van der Waals surface area contributed by atoms with Crippen LogP contribution in [0, 0.1) is 11.8 Å². The van der Waals surface area contributed by atoms with Crippen LogP contribution in [0.25, 0.3) is 0 Å². The van der Waals surface area contributed by atoms with Gasteiger partial charge in [0.2, 0.25) is 5.91 Å². The first kappa shape index (κ1) is 13.3. The van der Waals surface area contributed by atoms with Crippen LogP contribution in [0.15, 0.2) is 0 Å². The van der Waals surface area contributed by atoms with Crippen LogP contribution in [0.4, 0.5) is 0 Å². The molecule has 18 heavy (non-hydrogen) atoms. The van der Waals surface area contributed by atoms with Gasteiger partial charge in [-0.2, -0.15) is 0 Å². The van der Waals surface area contributed by atoms with Gasteiger partial charge in [0.15, 0.2) is 0 Å². The Morgan fingerprint density at radius 1 is 1.28 bits per heavy atom. The Bertz CT molecular complexity index is 323. The van der Waals surface area contributed by atoms with Gasteiger partial charge in [-0.15, -0.1) is 0 Å². The molecule has 2 atom stereocenters. The van der Waals surface area contributed by atoms with Crippen molar-refractivity contribution in [3.63, 3.8) is 0 Å². The zero-order valence-corrected chi connectivity index (χ0v) is 10.7. The lowest BCUT2D eigenvalue weighted by Gasteiger charge is -2.26. The van der Waals surface area contributed by atoms with Crippen molar-refractivity contribution in [1.82, 2.24) is 5.32 Å². The predicted molar refractivity (Wildman–Crippen MR) is 65.0 cm³/mol. The molecule has 0 spiro atoms. The summed E-state index contributed by atoms with van der Waals surface area (Å²) in [7, 11) is 0. The maximum absolute atomic E-state index is 11.9. The third kappa shape index (κ3) is 3.22. The van der Waals surface area contributed by atoms with E-state index in [-0.39, 0.29) is 29.9 Å². The van der Waals surface area contributed by atoms with Gasteiger partial charge in [-0.25, -0.2) is 0 Å². The minimum absolute atomic E-state index is 0.0159. The summed E-state index contributed by atoms with van der Waals surface area (Å²) < 4.78 is 5.39. The molecule has 0 aliphatic heterocycles. The first-order chi connectivity index (χ1) is 8.61. The lowest BCUT2D eigenvalue weighted by atomic mass is 9.86. The molecular weight excluding hydrogens is 234 g/mol. The quantitative estimate of drug-likeness (QED) is 0.773. The Kier molecular flexibility index (Phi) is 4.22. The van der Waals surface area contributed by atoms with E-state index in [1.807, 2.05) is 6.92 Å². The van der Waals surface area contributed by atoms with E-state index in [0.29, 0.717) is 19.4 Å². The van der Waals surface area contributed by atoms with Crippen molar-refractivity contribution < 1.29 is 19.4 Å². The molecule has 0 heterocycles. The van der Waals surface area contributed by atoms with Crippen LogP contribution in [0.2, 0.25) is 0 Å². The Balaban J connectivity index is 1.69. The SMILES string of the molecule is CCOC1CC1C(=O)NC1CCC(C(=O)O)CC1. The summed E-state index contributed by atoms with van der Waals surface area (Å²) in [5, 5.41) is 11.9. The molecule has 2 aliphatic rings. The van der Waals surface area contributed by atoms with Gasteiger partial charge in [-0.3, -0.25) is 9.59 Å². The molecule has 2 saturated carbocycles. The van der Waals surface area contributed by atoms with E-state index in [0.717, 1.165) is 19.3 Å². The van der Waals surface area contributed by atoms with E-state index >= 15 is 0 Å². The molecule has 2 unspecified atom stereocenters. The maximum Gasteiger partial charge on any atom is 0.306 e. The Hall–Kier alpha value is -1.10. The minimum atomic E-state index is -0.710.